The highest BCUT2D eigenvalue weighted by Gasteiger charge is 2.21. The van der Waals surface area contributed by atoms with Gasteiger partial charge in [-0.25, -0.2) is 9.50 Å². The van der Waals surface area contributed by atoms with E-state index < -0.39 is 0 Å². The second-order valence-corrected chi connectivity index (χ2v) is 7.75. The average molecular weight is 422 g/mol. The number of fused-ring (bicyclic) bond motifs is 1. The fraction of sp³-hybridized carbons (Fsp3) is 0.409. The molecule has 0 atom stereocenters. The number of piperazine rings is 1. The minimum absolute atomic E-state index is 0.0876. The fourth-order valence-electron chi connectivity index (χ4n) is 3.79. The normalized spacial score (nSPS) is 14.1. The lowest BCUT2D eigenvalue weighted by atomic mass is 10.2. The third-order valence-electron chi connectivity index (χ3n) is 5.43. The summed E-state index contributed by atoms with van der Waals surface area (Å²) in [6, 6.07) is 12.1. The highest BCUT2D eigenvalue weighted by molar-refractivity contribution is 5.90. The zero-order chi connectivity index (χ0) is 21.8. The van der Waals surface area contributed by atoms with Crippen LogP contribution in [0.1, 0.15) is 34.8 Å². The number of carbonyl (C=O) groups excluding carboxylic acids is 2. The molecule has 0 radical (unpaired) electrons. The number of rotatable bonds is 6. The predicted octanol–water partition coefficient (Wildman–Crippen LogP) is 1.60. The van der Waals surface area contributed by atoms with Crippen LogP contribution in [0.4, 0.5) is 5.69 Å². The monoisotopic (exact) mass is 421 g/mol. The molecular weight excluding hydrogens is 394 g/mol. The summed E-state index contributed by atoms with van der Waals surface area (Å²) < 4.78 is 1.56. The van der Waals surface area contributed by atoms with Gasteiger partial charge in [-0.05, 0) is 38.5 Å². The molecule has 4 rings (SSSR count). The van der Waals surface area contributed by atoms with Crippen LogP contribution in [0.25, 0.3) is 5.78 Å². The van der Waals surface area contributed by atoms with E-state index in [0.717, 1.165) is 37.6 Å². The summed E-state index contributed by atoms with van der Waals surface area (Å²) in [4.78, 5) is 37.5. The summed E-state index contributed by atoms with van der Waals surface area (Å²) in [7, 11) is 0. The first-order valence-corrected chi connectivity index (χ1v) is 10.6. The highest BCUT2D eigenvalue weighted by atomic mass is 16.2. The van der Waals surface area contributed by atoms with Gasteiger partial charge < -0.3 is 15.1 Å². The smallest absolute Gasteiger partial charge is 0.291 e. The first-order chi connectivity index (χ1) is 15.0. The van der Waals surface area contributed by atoms with Gasteiger partial charge in [0.2, 0.25) is 11.7 Å². The Kier molecular flexibility index (Phi) is 6.11. The topological polar surface area (TPSA) is 95.7 Å². The number of anilines is 1. The van der Waals surface area contributed by atoms with Gasteiger partial charge in [-0.15, -0.1) is 5.10 Å². The number of benzene rings is 1. The number of para-hydroxylation sites is 1. The van der Waals surface area contributed by atoms with Crippen molar-refractivity contribution in [1.82, 2.24) is 29.8 Å². The van der Waals surface area contributed by atoms with Gasteiger partial charge in [-0.3, -0.25) is 9.59 Å². The third-order valence-corrected chi connectivity index (χ3v) is 5.43. The SMILES string of the molecule is Cc1cc(C)n2nc(C(=O)NCCCC(=O)N3CCN(c4ccccc4)CC3)nc2n1. The van der Waals surface area contributed by atoms with Gasteiger partial charge in [0, 0.05) is 56.2 Å². The van der Waals surface area contributed by atoms with E-state index >= 15 is 0 Å². The van der Waals surface area contributed by atoms with E-state index in [1.165, 1.54) is 5.69 Å². The van der Waals surface area contributed by atoms with Crippen molar-refractivity contribution in [3.8, 4) is 0 Å². The zero-order valence-corrected chi connectivity index (χ0v) is 17.9. The Morgan fingerprint density at radius 2 is 1.77 bits per heavy atom. The van der Waals surface area contributed by atoms with Crippen molar-refractivity contribution in [1.29, 1.82) is 0 Å². The maximum Gasteiger partial charge on any atom is 0.291 e. The number of nitrogens with one attached hydrogen (secondary N) is 1. The molecule has 3 heterocycles. The summed E-state index contributed by atoms with van der Waals surface area (Å²) in [5, 5.41) is 7.02. The van der Waals surface area contributed by atoms with Gasteiger partial charge >= 0.3 is 0 Å². The van der Waals surface area contributed by atoms with Crippen LogP contribution in [-0.4, -0.2) is 69.0 Å². The maximum atomic E-state index is 12.5. The second-order valence-electron chi connectivity index (χ2n) is 7.75. The Balaban J connectivity index is 1.21. The fourth-order valence-corrected chi connectivity index (χ4v) is 3.79. The van der Waals surface area contributed by atoms with Crippen LogP contribution in [-0.2, 0) is 4.79 Å². The number of carbonyl (C=O) groups is 2. The molecule has 1 fully saturated rings. The summed E-state index contributed by atoms with van der Waals surface area (Å²) >= 11 is 0. The molecule has 1 saturated heterocycles. The summed E-state index contributed by atoms with van der Waals surface area (Å²) in [6.07, 6.45) is 0.983. The van der Waals surface area contributed by atoms with Crippen molar-refractivity contribution in [3.05, 3.63) is 53.6 Å². The lowest BCUT2D eigenvalue weighted by Gasteiger charge is -2.36. The highest BCUT2D eigenvalue weighted by Crippen LogP contribution is 2.16. The summed E-state index contributed by atoms with van der Waals surface area (Å²) in [5.41, 5.74) is 2.89. The van der Waals surface area contributed by atoms with E-state index in [1.807, 2.05) is 43.0 Å². The van der Waals surface area contributed by atoms with E-state index in [0.29, 0.717) is 25.2 Å². The van der Waals surface area contributed by atoms with Crippen LogP contribution in [0.5, 0.6) is 0 Å². The number of aromatic nitrogens is 4. The average Bonchev–Trinajstić information content (AvgIpc) is 3.22. The minimum Gasteiger partial charge on any atom is -0.368 e. The van der Waals surface area contributed by atoms with Crippen LogP contribution in [0, 0.1) is 13.8 Å². The van der Waals surface area contributed by atoms with Crippen LogP contribution in [0.15, 0.2) is 36.4 Å². The van der Waals surface area contributed by atoms with Crippen LogP contribution >= 0.6 is 0 Å². The van der Waals surface area contributed by atoms with Gasteiger partial charge in [0.25, 0.3) is 11.7 Å². The van der Waals surface area contributed by atoms with Gasteiger partial charge in [0.05, 0.1) is 0 Å². The number of aryl methyl sites for hydroxylation is 2. The molecule has 3 aromatic rings. The largest absolute Gasteiger partial charge is 0.368 e. The maximum absolute atomic E-state index is 12.5. The number of hydrogen-bond donors (Lipinski definition) is 1. The van der Waals surface area contributed by atoms with Gasteiger partial charge in [-0.2, -0.15) is 4.98 Å². The molecule has 2 aromatic heterocycles. The quantitative estimate of drug-likeness (QED) is 0.608. The number of hydrogen-bond acceptors (Lipinski definition) is 6. The minimum atomic E-state index is -0.355. The number of nitrogens with zero attached hydrogens (tertiary/aromatic N) is 6. The van der Waals surface area contributed by atoms with Crippen molar-refractivity contribution >= 4 is 23.3 Å². The molecular formula is C22H27N7O2. The van der Waals surface area contributed by atoms with Gasteiger partial charge in [0.1, 0.15) is 0 Å². The van der Waals surface area contributed by atoms with E-state index in [9.17, 15) is 9.59 Å². The molecule has 0 unspecified atom stereocenters. The van der Waals surface area contributed by atoms with Crippen LogP contribution in [0.2, 0.25) is 0 Å². The molecule has 0 aliphatic carbocycles. The Morgan fingerprint density at radius 1 is 1.03 bits per heavy atom. The van der Waals surface area contributed by atoms with Crippen LogP contribution in [0.3, 0.4) is 0 Å². The molecule has 1 aliphatic rings. The lowest BCUT2D eigenvalue weighted by Crippen LogP contribution is -2.48. The van der Waals surface area contributed by atoms with Crippen molar-refractivity contribution < 1.29 is 9.59 Å². The Morgan fingerprint density at radius 3 is 2.52 bits per heavy atom. The van der Waals surface area contributed by atoms with E-state index in [-0.39, 0.29) is 17.6 Å². The molecule has 162 valence electrons. The van der Waals surface area contributed by atoms with Crippen molar-refractivity contribution in [2.24, 2.45) is 0 Å². The lowest BCUT2D eigenvalue weighted by molar-refractivity contribution is -0.131. The van der Waals surface area contributed by atoms with Crippen molar-refractivity contribution in [2.75, 3.05) is 37.6 Å². The first-order valence-electron chi connectivity index (χ1n) is 10.6. The molecule has 1 aliphatic heterocycles. The zero-order valence-electron chi connectivity index (χ0n) is 17.9. The first kappa shape index (κ1) is 20.8. The van der Waals surface area contributed by atoms with Crippen molar-refractivity contribution in [3.63, 3.8) is 0 Å². The predicted molar refractivity (Wildman–Crippen MR) is 117 cm³/mol. The molecule has 9 heteroatoms. The third kappa shape index (κ3) is 4.82. The van der Waals surface area contributed by atoms with E-state index in [1.54, 1.807) is 4.52 Å². The molecule has 0 spiro atoms. The molecule has 0 bridgehead atoms. The molecule has 0 saturated carbocycles. The number of amides is 2. The van der Waals surface area contributed by atoms with Gasteiger partial charge in [-0.1, -0.05) is 18.2 Å². The standard InChI is InChI=1S/C22H27N7O2/c1-16-15-17(2)29-22(24-16)25-20(26-29)21(31)23-10-6-9-19(30)28-13-11-27(12-14-28)18-7-4-3-5-8-18/h3-5,7-8,15H,6,9-14H2,1-2H3,(H,23,31). The second kappa shape index (κ2) is 9.11. The Labute approximate surface area is 181 Å². The Bertz CT molecular complexity index is 1070. The van der Waals surface area contributed by atoms with Crippen molar-refractivity contribution in [2.45, 2.75) is 26.7 Å². The van der Waals surface area contributed by atoms with E-state index in [4.69, 9.17) is 0 Å². The Hall–Kier alpha value is -3.49. The molecule has 9 nitrogen and oxygen atoms in total. The van der Waals surface area contributed by atoms with Gasteiger partial charge in [0.15, 0.2) is 0 Å². The van der Waals surface area contributed by atoms with E-state index in [2.05, 4.69) is 37.4 Å². The molecule has 31 heavy (non-hydrogen) atoms. The molecule has 1 aromatic carbocycles. The summed E-state index contributed by atoms with van der Waals surface area (Å²) in [5.74, 6) is 0.270. The molecule has 1 N–H and O–H groups in total. The molecule has 2 amide bonds. The summed E-state index contributed by atoms with van der Waals surface area (Å²) in [6.45, 7) is 7.27. The van der Waals surface area contributed by atoms with Crippen LogP contribution < -0.4 is 10.2 Å².